The molecule has 21 heavy (non-hydrogen) atoms. The van der Waals surface area contributed by atoms with Gasteiger partial charge in [-0.3, -0.25) is 5.10 Å². The van der Waals surface area contributed by atoms with Gasteiger partial charge in [0.1, 0.15) is 11.5 Å². The van der Waals surface area contributed by atoms with Crippen molar-refractivity contribution in [1.29, 1.82) is 0 Å². The third-order valence-electron chi connectivity index (χ3n) is 3.11. The fourth-order valence-electron chi connectivity index (χ4n) is 1.99. The fourth-order valence-corrected chi connectivity index (χ4v) is 1.99. The third-order valence-corrected chi connectivity index (χ3v) is 3.11. The Balaban J connectivity index is 1.97. The van der Waals surface area contributed by atoms with E-state index >= 15 is 0 Å². The number of H-pyrrole nitrogens is 1. The topological polar surface area (TPSA) is 97.0 Å². The normalized spacial score (nSPS) is 10.5. The summed E-state index contributed by atoms with van der Waals surface area (Å²) in [6.45, 7) is 0. The molecule has 0 aliphatic carbocycles. The molecule has 0 saturated heterocycles. The number of methoxy groups -OCH3 is 1. The summed E-state index contributed by atoms with van der Waals surface area (Å²) in [4.78, 5) is 4.39. The van der Waals surface area contributed by atoms with Crippen molar-refractivity contribution in [2.45, 2.75) is 0 Å². The maximum absolute atomic E-state index is 9.88. The zero-order valence-electron chi connectivity index (χ0n) is 11.4. The summed E-state index contributed by atoms with van der Waals surface area (Å²) < 4.78 is 5.11. The second-order valence-electron chi connectivity index (χ2n) is 4.51. The van der Waals surface area contributed by atoms with E-state index in [1.54, 1.807) is 19.2 Å². The van der Waals surface area contributed by atoms with Crippen molar-refractivity contribution < 1.29 is 9.84 Å². The summed E-state index contributed by atoms with van der Waals surface area (Å²) in [7, 11) is 1.61. The monoisotopic (exact) mass is 282 g/mol. The van der Waals surface area contributed by atoms with Gasteiger partial charge in [-0.25, -0.2) is 4.98 Å². The molecular formula is C15H14N4O2. The molecule has 0 amide bonds. The summed E-state index contributed by atoms with van der Waals surface area (Å²) >= 11 is 0. The van der Waals surface area contributed by atoms with E-state index in [1.165, 1.54) is 6.07 Å². The number of ether oxygens (including phenoxy) is 1. The minimum absolute atomic E-state index is 0.0987. The molecule has 0 radical (unpaired) electrons. The minimum atomic E-state index is 0.0987. The van der Waals surface area contributed by atoms with Gasteiger partial charge in [0.2, 0.25) is 0 Å². The maximum Gasteiger partial charge on any atom is 0.181 e. The van der Waals surface area contributed by atoms with Gasteiger partial charge in [-0.05, 0) is 42.5 Å². The van der Waals surface area contributed by atoms with Gasteiger partial charge in [-0.1, -0.05) is 0 Å². The molecule has 0 spiro atoms. The van der Waals surface area contributed by atoms with E-state index in [1.807, 2.05) is 24.3 Å². The number of nitrogen functional groups attached to an aromatic ring is 1. The average Bonchev–Trinajstić information content (AvgIpc) is 2.99. The number of nitrogens with one attached hydrogen (secondary N) is 1. The second kappa shape index (κ2) is 5.16. The molecule has 0 bridgehead atoms. The molecule has 3 aromatic rings. The van der Waals surface area contributed by atoms with Gasteiger partial charge in [-0.2, -0.15) is 5.10 Å². The Bertz CT molecular complexity index is 766. The van der Waals surface area contributed by atoms with Crippen LogP contribution in [0.3, 0.4) is 0 Å². The molecule has 106 valence electrons. The molecule has 6 heteroatoms. The van der Waals surface area contributed by atoms with Gasteiger partial charge in [-0.15, -0.1) is 0 Å². The molecular weight excluding hydrogens is 268 g/mol. The molecule has 6 nitrogen and oxygen atoms in total. The van der Waals surface area contributed by atoms with Gasteiger partial charge < -0.3 is 15.6 Å². The molecule has 3 rings (SSSR count). The minimum Gasteiger partial charge on any atom is -0.507 e. The largest absolute Gasteiger partial charge is 0.507 e. The van der Waals surface area contributed by atoms with Crippen LogP contribution < -0.4 is 10.5 Å². The van der Waals surface area contributed by atoms with Crippen LogP contribution in [-0.4, -0.2) is 27.4 Å². The van der Waals surface area contributed by atoms with Crippen molar-refractivity contribution in [3.8, 4) is 34.3 Å². The number of phenols is 1. The fraction of sp³-hybridized carbons (Fsp3) is 0.0667. The molecule has 0 saturated carbocycles. The highest BCUT2D eigenvalue weighted by molar-refractivity contribution is 5.70. The highest BCUT2D eigenvalue weighted by Crippen LogP contribution is 2.29. The summed E-state index contributed by atoms with van der Waals surface area (Å²) in [6, 6.07) is 12.2. The van der Waals surface area contributed by atoms with Crippen LogP contribution >= 0.6 is 0 Å². The first-order valence-corrected chi connectivity index (χ1v) is 6.33. The molecule has 0 unspecified atom stereocenters. The zero-order chi connectivity index (χ0) is 14.8. The average molecular weight is 282 g/mol. The molecule has 4 N–H and O–H groups in total. The quantitative estimate of drug-likeness (QED) is 0.506. The van der Waals surface area contributed by atoms with Crippen LogP contribution in [0.25, 0.3) is 22.8 Å². The lowest BCUT2D eigenvalue weighted by Crippen LogP contribution is -1.88. The number of aromatic nitrogens is 3. The molecule has 1 aromatic heterocycles. The van der Waals surface area contributed by atoms with Gasteiger partial charge in [0, 0.05) is 11.3 Å². The number of aromatic amines is 1. The number of hydrogen-bond donors (Lipinski definition) is 3. The van der Waals surface area contributed by atoms with E-state index in [4.69, 9.17) is 10.5 Å². The number of benzene rings is 2. The summed E-state index contributed by atoms with van der Waals surface area (Å²) in [6.07, 6.45) is 0. The summed E-state index contributed by atoms with van der Waals surface area (Å²) in [5, 5.41) is 16.8. The highest BCUT2D eigenvalue weighted by atomic mass is 16.5. The molecule has 0 aliphatic heterocycles. The van der Waals surface area contributed by atoms with E-state index in [-0.39, 0.29) is 5.75 Å². The second-order valence-corrected chi connectivity index (χ2v) is 4.51. The third kappa shape index (κ3) is 2.51. The Morgan fingerprint density at radius 1 is 1.14 bits per heavy atom. The van der Waals surface area contributed by atoms with Crippen LogP contribution in [-0.2, 0) is 0 Å². The number of nitrogens with zero attached hydrogens (tertiary/aromatic N) is 2. The Labute approximate surface area is 121 Å². The first-order chi connectivity index (χ1) is 10.2. The van der Waals surface area contributed by atoms with Crippen LogP contribution in [0.5, 0.6) is 11.5 Å². The lowest BCUT2D eigenvalue weighted by atomic mass is 10.1. The van der Waals surface area contributed by atoms with E-state index < -0.39 is 0 Å². The van der Waals surface area contributed by atoms with Crippen LogP contribution in [0.1, 0.15) is 0 Å². The summed E-state index contributed by atoms with van der Waals surface area (Å²) in [5.41, 5.74) is 7.64. The van der Waals surface area contributed by atoms with Gasteiger partial charge in [0.05, 0.1) is 12.7 Å². The van der Waals surface area contributed by atoms with Crippen molar-refractivity contribution in [2.75, 3.05) is 12.8 Å². The van der Waals surface area contributed by atoms with Crippen LogP contribution in [0, 0.1) is 0 Å². The van der Waals surface area contributed by atoms with Crippen molar-refractivity contribution >= 4 is 5.69 Å². The van der Waals surface area contributed by atoms with E-state index in [9.17, 15) is 5.11 Å². The van der Waals surface area contributed by atoms with Gasteiger partial charge in [0.25, 0.3) is 0 Å². The lowest BCUT2D eigenvalue weighted by molar-refractivity contribution is 0.415. The van der Waals surface area contributed by atoms with E-state index in [2.05, 4.69) is 15.2 Å². The molecule has 1 heterocycles. The van der Waals surface area contributed by atoms with Crippen molar-refractivity contribution in [3.05, 3.63) is 42.5 Å². The molecule has 0 atom stereocenters. The standard InChI is InChI=1S/C15H14N4O2/c1-21-11-5-2-9(3-6-11)14-17-15(19-18-14)12-8-10(16)4-7-13(12)20/h2-8,20H,16H2,1H3,(H,17,18,19). The lowest BCUT2D eigenvalue weighted by Gasteiger charge is -2.01. The van der Waals surface area contributed by atoms with Crippen LogP contribution in [0.2, 0.25) is 0 Å². The zero-order valence-corrected chi connectivity index (χ0v) is 11.4. The van der Waals surface area contributed by atoms with E-state index in [0.29, 0.717) is 22.9 Å². The predicted octanol–water partition coefficient (Wildman–Crippen LogP) is 2.44. The number of anilines is 1. The molecule has 2 aromatic carbocycles. The first-order valence-electron chi connectivity index (χ1n) is 6.33. The van der Waals surface area contributed by atoms with Gasteiger partial charge >= 0.3 is 0 Å². The maximum atomic E-state index is 9.88. The van der Waals surface area contributed by atoms with Crippen molar-refractivity contribution in [3.63, 3.8) is 0 Å². The van der Waals surface area contributed by atoms with Gasteiger partial charge in [0.15, 0.2) is 11.6 Å². The highest BCUT2D eigenvalue weighted by Gasteiger charge is 2.11. The molecule has 0 fully saturated rings. The number of hydrogen-bond acceptors (Lipinski definition) is 5. The SMILES string of the molecule is COc1ccc(-c2n[nH]c(-c3cc(N)ccc3O)n2)cc1. The number of nitrogens with two attached hydrogens (primary N) is 1. The van der Waals surface area contributed by atoms with Crippen molar-refractivity contribution in [2.24, 2.45) is 0 Å². The van der Waals surface area contributed by atoms with E-state index in [0.717, 1.165) is 11.3 Å². The Morgan fingerprint density at radius 2 is 1.90 bits per heavy atom. The van der Waals surface area contributed by atoms with Crippen molar-refractivity contribution in [1.82, 2.24) is 15.2 Å². The number of rotatable bonds is 3. The predicted molar refractivity (Wildman–Crippen MR) is 79.9 cm³/mol. The Hall–Kier alpha value is -3.02. The summed E-state index contributed by atoms with van der Waals surface area (Å²) in [5.74, 6) is 1.87. The Kier molecular flexibility index (Phi) is 3.19. The van der Waals surface area contributed by atoms with Crippen LogP contribution in [0.4, 0.5) is 5.69 Å². The first kappa shape index (κ1) is 13.0. The van der Waals surface area contributed by atoms with Crippen LogP contribution in [0.15, 0.2) is 42.5 Å². The number of aromatic hydroxyl groups is 1. The molecule has 0 aliphatic rings. The Morgan fingerprint density at radius 3 is 2.62 bits per heavy atom. The number of phenolic OH excluding ortho intramolecular Hbond substituents is 1. The smallest absolute Gasteiger partial charge is 0.181 e.